The van der Waals surface area contributed by atoms with Gasteiger partial charge in [-0.3, -0.25) is 9.59 Å². The van der Waals surface area contributed by atoms with Gasteiger partial charge in [0.15, 0.2) is 0 Å². The number of fused-ring (bicyclic) bond motifs is 1. The number of anilines is 1. The highest BCUT2D eigenvalue weighted by atomic mass is 16.2. The highest BCUT2D eigenvalue weighted by Gasteiger charge is 2.29. The van der Waals surface area contributed by atoms with Gasteiger partial charge < -0.3 is 19.8 Å². The predicted octanol–water partition coefficient (Wildman–Crippen LogP) is 3.78. The van der Waals surface area contributed by atoms with Crippen molar-refractivity contribution in [2.75, 3.05) is 25.0 Å². The molecule has 6 nitrogen and oxygen atoms in total. The zero-order chi connectivity index (χ0) is 21.4. The molecule has 2 aromatic heterocycles. The Morgan fingerprint density at radius 1 is 1.17 bits per heavy atom. The van der Waals surface area contributed by atoms with Gasteiger partial charge in [0.1, 0.15) is 5.69 Å². The molecule has 1 saturated heterocycles. The van der Waals surface area contributed by atoms with E-state index in [1.165, 1.54) is 4.90 Å². The van der Waals surface area contributed by atoms with Crippen LogP contribution in [-0.4, -0.2) is 35.6 Å². The van der Waals surface area contributed by atoms with Crippen molar-refractivity contribution in [2.45, 2.75) is 39.7 Å². The van der Waals surface area contributed by atoms with Crippen molar-refractivity contribution in [2.24, 2.45) is 5.92 Å². The fourth-order valence-electron chi connectivity index (χ4n) is 4.94. The summed E-state index contributed by atoms with van der Waals surface area (Å²) in [5.41, 5.74) is 3.91. The van der Waals surface area contributed by atoms with Crippen LogP contribution < -0.4 is 15.8 Å². The maximum Gasteiger partial charge on any atom is 0.271 e. The molecule has 158 valence electrons. The number of hydrogen-bond donors (Lipinski definition) is 2. The summed E-state index contributed by atoms with van der Waals surface area (Å²) in [6, 6.07) is 9.93. The molecule has 0 spiro atoms. The van der Waals surface area contributed by atoms with Gasteiger partial charge in [0.2, 0.25) is 0 Å². The number of hydrogen-bond acceptors (Lipinski definition) is 3. The van der Waals surface area contributed by atoms with Gasteiger partial charge in [-0.05, 0) is 76.4 Å². The minimum Gasteiger partial charge on any atom is -0.341 e. The summed E-state index contributed by atoms with van der Waals surface area (Å²) < 4.78 is 2.34. The first-order chi connectivity index (χ1) is 14.4. The molecule has 1 amide bonds. The predicted molar refractivity (Wildman–Crippen MR) is 122 cm³/mol. The standard InChI is InChI=1S/C24H30N4O2/c1-15-7-5-8-19-21(15)22(24(30)27(4)20-9-6-12-26-23(20)29)17(3)28(19)16(2)18-10-13-25-14-11-18/h5-9,12,16,18,25H,10-11,13-14H2,1-4H3,(H,26,29). The SMILES string of the molecule is Cc1cccc2c1c(C(=O)N(C)c1ccc[nH]c1=O)c(C)n2C(C)C1CCNCC1. The highest BCUT2D eigenvalue weighted by Crippen LogP contribution is 2.36. The van der Waals surface area contributed by atoms with Gasteiger partial charge in [-0.15, -0.1) is 0 Å². The second kappa shape index (κ2) is 8.11. The fourth-order valence-corrected chi connectivity index (χ4v) is 4.94. The molecule has 1 unspecified atom stereocenters. The molecular weight excluding hydrogens is 376 g/mol. The van der Waals surface area contributed by atoms with E-state index in [-0.39, 0.29) is 11.5 Å². The molecule has 0 aliphatic carbocycles. The molecule has 30 heavy (non-hydrogen) atoms. The van der Waals surface area contributed by atoms with E-state index in [1.807, 2.05) is 19.9 Å². The Balaban J connectivity index is 1.86. The molecular formula is C24H30N4O2. The van der Waals surface area contributed by atoms with Gasteiger partial charge in [-0.2, -0.15) is 0 Å². The zero-order valence-corrected chi connectivity index (χ0v) is 18.2. The molecule has 1 aliphatic rings. The Morgan fingerprint density at radius 3 is 2.60 bits per heavy atom. The molecule has 0 saturated carbocycles. The Morgan fingerprint density at radius 2 is 1.90 bits per heavy atom. The van der Waals surface area contributed by atoms with Crippen LogP contribution in [0.25, 0.3) is 10.9 Å². The van der Waals surface area contributed by atoms with Gasteiger partial charge in [0.05, 0.1) is 5.56 Å². The number of nitrogens with zero attached hydrogens (tertiary/aromatic N) is 2. The van der Waals surface area contributed by atoms with Gasteiger partial charge in [-0.1, -0.05) is 12.1 Å². The third kappa shape index (κ3) is 3.35. The molecule has 1 aliphatic heterocycles. The first-order valence-electron chi connectivity index (χ1n) is 10.7. The molecule has 1 aromatic carbocycles. The maximum atomic E-state index is 13.6. The number of nitrogens with one attached hydrogen (secondary N) is 2. The lowest BCUT2D eigenvalue weighted by molar-refractivity contribution is 0.0993. The summed E-state index contributed by atoms with van der Waals surface area (Å²) >= 11 is 0. The average molecular weight is 407 g/mol. The quantitative estimate of drug-likeness (QED) is 0.693. The summed E-state index contributed by atoms with van der Waals surface area (Å²) in [6.45, 7) is 8.43. The molecule has 1 fully saturated rings. The minimum absolute atomic E-state index is 0.153. The van der Waals surface area contributed by atoms with Crippen LogP contribution in [0, 0.1) is 19.8 Å². The maximum absolute atomic E-state index is 13.6. The molecule has 0 radical (unpaired) electrons. The topological polar surface area (TPSA) is 70.1 Å². The minimum atomic E-state index is -0.269. The van der Waals surface area contributed by atoms with E-state index in [4.69, 9.17) is 0 Å². The molecule has 0 bridgehead atoms. The summed E-state index contributed by atoms with van der Waals surface area (Å²) in [6.07, 6.45) is 3.84. The van der Waals surface area contributed by atoms with Gasteiger partial charge in [0, 0.05) is 35.9 Å². The number of aryl methyl sites for hydroxylation is 1. The Bertz CT molecular complexity index is 1140. The van der Waals surface area contributed by atoms with Crippen molar-refractivity contribution in [3.05, 3.63) is 63.7 Å². The highest BCUT2D eigenvalue weighted by molar-refractivity contribution is 6.15. The van der Waals surface area contributed by atoms with Crippen LogP contribution in [-0.2, 0) is 0 Å². The van der Waals surface area contributed by atoms with Gasteiger partial charge in [-0.25, -0.2) is 0 Å². The van der Waals surface area contributed by atoms with Crippen LogP contribution in [0.4, 0.5) is 5.69 Å². The Kier molecular flexibility index (Phi) is 5.52. The fraction of sp³-hybridized carbons (Fsp3) is 0.417. The first kappa shape index (κ1) is 20.4. The van der Waals surface area contributed by atoms with Crippen molar-refractivity contribution in [1.82, 2.24) is 14.9 Å². The van der Waals surface area contributed by atoms with Gasteiger partial charge in [0.25, 0.3) is 11.5 Å². The van der Waals surface area contributed by atoms with Crippen LogP contribution in [0.3, 0.4) is 0 Å². The van der Waals surface area contributed by atoms with E-state index in [0.29, 0.717) is 23.2 Å². The normalized spacial score (nSPS) is 16.0. The van der Waals surface area contributed by atoms with E-state index in [0.717, 1.165) is 48.1 Å². The van der Waals surface area contributed by atoms with Crippen molar-refractivity contribution in [3.63, 3.8) is 0 Å². The van der Waals surface area contributed by atoms with Gasteiger partial charge >= 0.3 is 0 Å². The van der Waals surface area contributed by atoms with Crippen molar-refractivity contribution in [1.29, 1.82) is 0 Å². The number of carbonyl (C=O) groups excluding carboxylic acids is 1. The molecule has 1 atom stereocenters. The summed E-state index contributed by atoms with van der Waals surface area (Å²) in [4.78, 5) is 30.0. The van der Waals surface area contributed by atoms with Crippen LogP contribution in [0.5, 0.6) is 0 Å². The van der Waals surface area contributed by atoms with E-state index in [9.17, 15) is 9.59 Å². The lowest BCUT2D eigenvalue weighted by atomic mass is 9.91. The van der Waals surface area contributed by atoms with E-state index in [2.05, 4.69) is 33.9 Å². The van der Waals surface area contributed by atoms with Crippen LogP contribution in [0.15, 0.2) is 41.3 Å². The molecule has 2 N–H and O–H groups in total. The average Bonchev–Trinajstić information content (AvgIpc) is 3.06. The lowest BCUT2D eigenvalue weighted by Gasteiger charge is -2.31. The van der Waals surface area contributed by atoms with Crippen LogP contribution in [0.2, 0.25) is 0 Å². The van der Waals surface area contributed by atoms with Crippen molar-refractivity contribution < 1.29 is 4.79 Å². The molecule has 3 heterocycles. The number of piperidine rings is 1. The van der Waals surface area contributed by atoms with Crippen LogP contribution >= 0.6 is 0 Å². The molecule has 6 heteroatoms. The summed E-state index contributed by atoms with van der Waals surface area (Å²) in [7, 11) is 1.67. The summed E-state index contributed by atoms with van der Waals surface area (Å²) in [5, 5.41) is 4.43. The zero-order valence-electron chi connectivity index (χ0n) is 18.2. The number of pyridine rings is 1. The van der Waals surface area contributed by atoms with Crippen molar-refractivity contribution in [3.8, 4) is 0 Å². The van der Waals surface area contributed by atoms with E-state index in [1.54, 1.807) is 25.4 Å². The monoisotopic (exact) mass is 406 g/mol. The van der Waals surface area contributed by atoms with Crippen molar-refractivity contribution >= 4 is 22.5 Å². The van der Waals surface area contributed by atoms with Crippen LogP contribution in [0.1, 0.15) is 47.4 Å². The number of aromatic nitrogens is 2. The molecule has 4 rings (SSSR count). The molecule has 3 aromatic rings. The number of rotatable bonds is 4. The second-order valence-electron chi connectivity index (χ2n) is 8.38. The number of amides is 1. The van der Waals surface area contributed by atoms with E-state index >= 15 is 0 Å². The lowest BCUT2D eigenvalue weighted by Crippen LogP contribution is -2.33. The number of benzene rings is 1. The van der Waals surface area contributed by atoms with E-state index < -0.39 is 0 Å². The second-order valence-corrected chi connectivity index (χ2v) is 8.38. The number of aromatic amines is 1. The smallest absolute Gasteiger partial charge is 0.271 e. The largest absolute Gasteiger partial charge is 0.341 e. The summed E-state index contributed by atoms with van der Waals surface area (Å²) in [5.74, 6) is 0.415. The number of carbonyl (C=O) groups is 1. The first-order valence-corrected chi connectivity index (χ1v) is 10.7. The Hall–Kier alpha value is -2.86. The number of H-pyrrole nitrogens is 1. The third-order valence-corrected chi connectivity index (χ3v) is 6.63. The Labute approximate surface area is 176 Å². The third-order valence-electron chi connectivity index (χ3n) is 6.63.